The van der Waals surface area contributed by atoms with Crippen molar-refractivity contribution in [3.05, 3.63) is 67.6 Å². The summed E-state index contributed by atoms with van der Waals surface area (Å²) in [5.74, 6) is 1.10. The summed E-state index contributed by atoms with van der Waals surface area (Å²) in [4.78, 5) is 37.7. The smallest absolute Gasteiger partial charge is 0.334 e. The number of benzene rings is 1. The zero-order valence-electron chi connectivity index (χ0n) is 15.9. The molecule has 2 aromatic rings. The van der Waals surface area contributed by atoms with Crippen LogP contribution in [0.3, 0.4) is 0 Å². The molecule has 8 heteroatoms. The first-order valence-corrected chi connectivity index (χ1v) is 9.90. The number of hydrogen-bond donors (Lipinski definition) is 0. The number of ether oxygens (including phenoxy) is 1. The number of nitro groups is 1. The van der Waals surface area contributed by atoms with Gasteiger partial charge in [0.2, 0.25) is 5.91 Å². The first-order valence-electron chi connectivity index (χ1n) is 9.90. The quantitative estimate of drug-likeness (QED) is 0.584. The summed E-state index contributed by atoms with van der Waals surface area (Å²) < 4.78 is 7.14. The van der Waals surface area contributed by atoms with E-state index in [-0.39, 0.29) is 23.4 Å². The van der Waals surface area contributed by atoms with Gasteiger partial charge in [0.25, 0.3) is 0 Å². The van der Waals surface area contributed by atoms with E-state index in [1.807, 2.05) is 23.1 Å². The molecule has 150 valence electrons. The molecule has 0 unspecified atom stereocenters. The topological polar surface area (TPSA) is 94.7 Å². The van der Waals surface area contributed by atoms with Gasteiger partial charge in [-0.2, -0.15) is 0 Å². The Morgan fingerprint density at radius 3 is 2.90 bits per heavy atom. The van der Waals surface area contributed by atoms with Crippen molar-refractivity contribution in [1.29, 1.82) is 0 Å². The van der Waals surface area contributed by atoms with Crippen molar-refractivity contribution in [1.82, 2.24) is 9.47 Å². The van der Waals surface area contributed by atoms with E-state index >= 15 is 0 Å². The van der Waals surface area contributed by atoms with E-state index in [9.17, 15) is 19.7 Å². The van der Waals surface area contributed by atoms with Crippen LogP contribution in [0.1, 0.15) is 29.2 Å². The molecular formula is C21H21N3O5. The molecule has 1 fully saturated rings. The highest BCUT2D eigenvalue weighted by Crippen LogP contribution is 2.36. The van der Waals surface area contributed by atoms with E-state index in [1.165, 1.54) is 16.2 Å². The molecular weight excluding hydrogens is 374 g/mol. The SMILES string of the molecule is O=C(Cc1ccc2c(c1)OCC2)N1C[C@@H]2C[C@@H](C1)c1ccc([N+](=O)[O-])c(=O)n1C2. The minimum absolute atomic E-state index is 0.0308. The van der Waals surface area contributed by atoms with Gasteiger partial charge in [-0.05, 0) is 35.6 Å². The summed E-state index contributed by atoms with van der Waals surface area (Å²) in [6, 6.07) is 8.95. The second-order valence-electron chi connectivity index (χ2n) is 8.13. The number of amides is 1. The number of hydrogen-bond acceptors (Lipinski definition) is 5. The molecule has 1 aromatic carbocycles. The van der Waals surface area contributed by atoms with Gasteiger partial charge in [0, 0.05) is 43.7 Å². The van der Waals surface area contributed by atoms with E-state index in [0.29, 0.717) is 32.7 Å². The second-order valence-corrected chi connectivity index (χ2v) is 8.13. The third kappa shape index (κ3) is 3.08. The summed E-state index contributed by atoms with van der Waals surface area (Å²) in [5.41, 5.74) is 1.99. The molecule has 2 bridgehead atoms. The molecule has 29 heavy (non-hydrogen) atoms. The fourth-order valence-electron chi connectivity index (χ4n) is 4.88. The summed E-state index contributed by atoms with van der Waals surface area (Å²) in [5, 5.41) is 11.1. The predicted molar refractivity (Wildman–Crippen MR) is 104 cm³/mol. The van der Waals surface area contributed by atoms with Gasteiger partial charge in [0.1, 0.15) is 5.75 Å². The number of rotatable bonds is 3. The number of aromatic nitrogens is 1. The summed E-state index contributed by atoms with van der Waals surface area (Å²) in [6.45, 7) is 2.22. The number of piperidine rings is 1. The minimum Gasteiger partial charge on any atom is -0.493 e. The highest BCUT2D eigenvalue weighted by atomic mass is 16.6. The van der Waals surface area contributed by atoms with Gasteiger partial charge in [-0.1, -0.05) is 12.1 Å². The van der Waals surface area contributed by atoms with Crippen molar-refractivity contribution < 1.29 is 14.5 Å². The van der Waals surface area contributed by atoms with Crippen LogP contribution < -0.4 is 10.3 Å². The molecule has 2 atom stereocenters. The average Bonchev–Trinajstić information content (AvgIpc) is 3.16. The van der Waals surface area contributed by atoms with Crippen LogP contribution in [-0.4, -0.2) is 40.0 Å². The van der Waals surface area contributed by atoms with Gasteiger partial charge >= 0.3 is 11.2 Å². The van der Waals surface area contributed by atoms with Crippen LogP contribution in [0.15, 0.2) is 35.1 Å². The molecule has 0 aliphatic carbocycles. The molecule has 0 spiro atoms. The molecule has 3 aliphatic rings. The van der Waals surface area contributed by atoms with Gasteiger partial charge in [-0.15, -0.1) is 0 Å². The van der Waals surface area contributed by atoms with Gasteiger partial charge in [0.05, 0.1) is 18.0 Å². The third-order valence-corrected chi connectivity index (χ3v) is 6.25. The highest BCUT2D eigenvalue weighted by molar-refractivity contribution is 5.79. The maximum atomic E-state index is 12.9. The summed E-state index contributed by atoms with van der Waals surface area (Å²) in [6.07, 6.45) is 2.13. The Morgan fingerprint density at radius 2 is 2.07 bits per heavy atom. The van der Waals surface area contributed by atoms with Crippen molar-refractivity contribution in [3.63, 3.8) is 0 Å². The Morgan fingerprint density at radius 1 is 1.21 bits per heavy atom. The van der Waals surface area contributed by atoms with Gasteiger partial charge in [0.15, 0.2) is 0 Å². The van der Waals surface area contributed by atoms with E-state index in [4.69, 9.17) is 4.74 Å². The first kappa shape index (κ1) is 17.9. The number of likely N-dealkylation sites (tertiary alicyclic amines) is 1. The van der Waals surface area contributed by atoms with Crippen LogP contribution in [0.4, 0.5) is 5.69 Å². The Hall–Kier alpha value is -3.16. The number of carbonyl (C=O) groups is 1. The lowest BCUT2D eigenvalue weighted by Gasteiger charge is -2.42. The van der Waals surface area contributed by atoms with Gasteiger partial charge < -0.3 is 14.2 Å². The maximum absolute atomic E-state index is 12.9. The van der Waals surface area contributed by atoms with E-state index in [1.54, 1.807) is 6.07 Å². The van der Waals surface area contributed by atoms with E-state index in [2.05, 4.69) is 0 Å². The predicted octanol–water partition coefficient (Wildman–Crippen LogP) is 1.88. The Labute approximate surface area is 166 Å². The molecule has 0 saturated carbocycles. The highest BCUT2D eigenvalue weighted by Gasteiger charge is 2.37. The molecule has 0 radical (unpaired) electrons. The molecule has 1 amide bonds. The maximum Gasteiger partial charge on any atom is 0.334 e. The fourth-order valence-corrected chi connectivity index (χ4v) is 4.88. The van der Waals surface area contributed by atoms with Crippen LogP contribution in [-0.2, 0) is 24.2 Å². The number of pyridine rings is 1. The third-order valence-electron chi connectivity index (χ3n) is 6.25. The Balaban J connectivity index is 1.35. The second kappa shape index (κ2) is 6.72. The molecule has 1 aromatic heterocycles. The number of nitrogens with zero attached hydrogens (tertiary/aromatic N) is 3. The van der Waals surface area contributed by atoms with Crippen molar-refractivity contribution in [3.8, 4) is 5.75 Å². The van der Waals surface area contributed by atoms with Crippen LogP contribution >= 0.6 is 0 Å². The number of fused-ring (bicyclic) bond motifs is 5. The molecule has 5 rings (SSSR count). The van der Waals surface area contributed by atoms with Crippen LogP contribution in [0.25, 0.3) is 0 Å². The summed E-state index contributed by atoms with van der Waals surface area (Å²) in [7, 11) is 0. The number of carbonyl (C=O) groups excluding carboxylic acids is 1. The molecule has 4 heterocycles. The van der Waals surface area contributed by atoms with E-state index < -0.39 is 10.5 Å². The lowest BCUT2D eigenvalue weighted by molar-refractivity contribution is -0.386. The van der Waals surface area contributed by atoms with Crippen LogP contribution in [0, 0.1) is 16.0 Å². The van der Waals surface area contributed by atoms with Crippen molar-refractivity contribution in [2.75, 3.05) is 19.7 Å². The van der Waals surface area contributed by atoms with Gasteiger partial charge in [-0.25, -0.2) is 0 Å². The fraction of sp³-hybridized carbons (Fsp3) is 0.429. The lowest BCUT2D eigenvalue weighted by Crippen LogP contribution is -2.49. The van der Waals surface area contributed by atoms with E-state index in [0.717, 1.165) is 29.8 Å². The molecule has 3 aliphatic heterocycles. The lowest BCUT2D eigenvalue weighted by atomic mass is 9.83. The zero-order chi connectivity index (χ0) is 20.1. The zero-order valence-corrected chi connectivity index (χ0v) is 15.9. The average molecular weight is 395 g/mol. The monoisotopic (exact) mass is 395 g/mol. The van der Waals surface area contributed by atoms with Crippen LogP contribution in [0.2, 0.25) is 0 Å². The first-order chi connectivity index (χ1) is 14.0. The molecule has 0 N–H and O–H groups in total. The molecule has 1 saturated heterocycles. The largest absolute Gasteiger partial charge is 0.493 e. The Bertz CT molecular complexity index is 1080. The van der Waals surface area contributed by atoms with Crippen molar-refractivity contribution in [2.24, 2.45) is 5.92 Å². The van der Waals surface area contributed by atoms with Crippen molar-refractivity contribution in [2.45, 2.75) is 31.7 Å². The Kier molecular flexibility index (Phi) is 4.15. The normalized spacial score (nSPS) is 21.9. The standard InChI is InChI=1S/C21H21N3O5/c25-20(9-13-1-2-15-5-6-29-19(15)8-13)22-10-14-7-16(12-22)17-3-4-18(24(27)28)21(26)23(17)11-14/h1-4,8,14,16H,5-7,9-12H2/t14-,16-/m0/s1. The molecule has 8 nitrogen and oxygen atoms in total. The summed E-state index contributed by atoms with van der Waals surface area (Å²) >= 11 is 0. The minimum atomic E-state index is -0.629. The van der Waals surface area contributed by atoms with Gasteiger partial charge in [-0.3, -0.25) is 19.7 Å². The van der Waals surface area contributed by atoms with Crippen molar-refractivity contribution >= 4 is 11.6 Å². The van der Waals surface area contributed by atoms with Crippen LogP contribution in [0.5, 0.6) is 5.75 Å².